The average Bonchev–Trinajstić information content (AvgIpc) is 3.15. The summed E-state index contributed by atoms with van der Waals surface area (Å²) in [6.45, 7) is 4.58. The number of fused-ring (bicyclic) bond motifs is 5. The van der Waals surface area contributed by atoms with Crippen LogP contribution in [0.4, 0.5) is 8.78 Å². The van der Waals surface area contributed by atoms with Crippen molar-refractivity contribution < 1.29 is 22.3 Å². The van der Waals surface area contributed by atoms with Crippen LogP contribution in [0.3, 0.4) is 0 Å². The summed E-state index contributed by atoms with van der Waals surface area (Å²) in [5, 5.41) is 6.94. The van der Waals surface area contributed by atoms with E-state index < -0.39 is 25.6 Å². The topological polar surface area (TPSA) is 54.4 Å². The summed E-state index contributed by atoms with van der Waals surface area (Å²) in [5.74, 6) is 2.10. The highest BCUT2D eigenvalue weighted by molar-refractivity contribution is 7.92. The van der Waals surface area contributed by atoms with Crippen LogP contribution in [-0.4, -0.2) is 24.4 Å². The van der Waals surface area contributed by atoms with Crippen molar-refractivity contribution in [2.24, 2.45) is 35.0 Å². The third kappa shape index (κ3) is 3.30. The maximum atomic E-state index is 15.5. The lowest BCUT2D eigenvalue weighted by Crippen LogP contribution is -2.58. The van der Waals surface area contributed by atoms with E-state index in [4.69, 9.17) is 0 Å². The first-order valence-electron chi connectivity index (χ1n) is 12.6. The number of allylic oxidation sites excluding steroid dienone is 2. The molecular weight excluding hydrogens is 442 g/mol. The van der Waals surface area contributed by atoms with Gasteiger partial charge in [0.15, 0.2) is 0 Å². The van der Waals surface area contributed by atoms with Crippen molar-refractivity contribution in [3.05, 3.63) is 42.0 Å². The van der Waals surface area contributed by atoms with Gasteiger partial charge in [-0.05, 0) is 112 Å². The first-order chi connectivity index (χ1) is 15.5. The fourth-order valence-electron chi connectivity index (χ4n) is 8.46. The average molecular weight is 479 g/mol. The second kappa shape index (κ2) is 7.87. The van der Waals surface area contributed by atoms with Gasteiger partial charge in [0.1, 0.15) is 5.60 Å². The fraction of sp³-hybridized carbons (Fsp3) is 0.704. The third-order valence-electron chi connectivity index (χ3n) is 10.1. The molecule has 0 unspecified atom stereocenters. The number of hydrogen-bond acceptors (Lipinski definition) is 3. The number of halogens is 2. The molecule has 0 saturated heterocycles. The Morgan fingerprint density at radius 2 is 1.70 bits per heavy atom. The SMILES string of the molecule is CC=C1CC[C@H]2[C@@H]3CC[C@@H]4C[C@](O)(C(F)(F)S(=O)(=O)c5ccccc5)CC[C@@H]4[C@H]3CC[C@]12C. The van der Waals surface area contributed by atoms with E-state index in [0.29, 0.717) is 30.1 Å². The molecule has 4 saturated carbocycles. The number of hydrogen-bond donors (Lipinski definition) is 1. The molecule has 0 aliphatic heterocycles. The normalized spacial score (nSPS) is 42.5. The van der Waals surface area contributed by atoms with E-state index in [2.05, 4.69) is 19.9 Å². The molecule has 0 radical (unpaired) electrons. The van der Waals surface area contributed by atoms with Crippen LogP contribution < -0.4 is 0 Å². The van der Waals surface area contributed by atoms with Gasteiger partial charge in [-0.25, -0.2) is 8.42 Å². The summed E-state index contributed by atoms with van der Waals surface area (Å²) in [5.41, 5.74) is -0.629. The maximum absolute atomic E-state index is 15.5. The Labute approximate surface area is 196 Å². The first kappa shape index (κ1) is 23.5. The Balaban J connectivity index is 1.37. The van der Waals surface area contributed by atoms with Gasteiger partial charge in [0.2, 0.25) is 9.84 Å². The van der Waals surface area contributed by atoms with Gasteiger partial charge in [-0.3, -0.25) is 0 Å². The molecule has 0 aromatic heterocycles. The second-order valence-electron chi connectivity index (χ2n) is 11.4. The van der Waals surface area contributed by atoms with Gasteiger partial charge in [-0.2, -0.15) is 8.78 Å². The lowest BCUT2D eigenvalue weighted by Gasteiger charge is -2.57. The molecule has 0 amide bonds. The van der Waals surface area contributed by atoms with Gasteiger partial charge in [0.05, 0.1) is 4.90 Å². The molecule has 1 aromatic carbocycles. The van der Waals surface area contributed by atoms with Crippen molar-refractivity contribution in [1.82, 2.24) is 0 Å². The van der Waals surface area contributed by atoms with Crippen molar-refractivity contribution in [3.8, 4) is 0 Å². The van der Waals surface area contributed by atoms with Gasteiger partial charge in [0, 0.05) is 0 Å². The van der Waals surface area contributed by atoms with E-state index in [1.54, 1.807) is 11.6 Å². The number of rotatable bonds is 3. The lowest BCUT2D eigenvalue weighted by atomic mass is 9.49. The van der Waals surface area contributed by atoms with Crippen LogP contribution in [0.5, 0.6) is 0 Å². The minimum Gasteiger partial charge on any atom is -0.382 e. The van der Waals surface area contributed by atoms with E-state index in [-0.39, 0.29) is 24.2 Å². The summed E-state index contributed by atoms with van der Waals surface area (Å²) in [6.07, 6.45) is 9.02. The van der Waals surface area contributed by atoms with Crippen LogP contribution in [0, 0.1) is 35.0 Å². The van der Waals surface area contributed by atoms with Gasteiger partial charge < -0.3 is 5.11 Å². The van der Waals surface area contributed by atoms with Crippen molar-refractivity contribution in [2.45, 2.75) is 87.4 Å². The molecule has 4 aliphatic carbocycles. The van der Waals surface area contributed by atoms with E-state index in [1.807, 2.05) is 0 Å². The predicted molar refractivity (Wildman–Crippen MR) is 124 cm³/mol. The first-order valence-corrected chi connectivity index (χ1v) is 14.1. The van der Waals surface area contributed by atoms with Crippen LogP contribution in [0.1, 0.15) is 71.6 Å². The molecule has 7 atom stereocenters. The van der Waals surface area contributed by atoms with Crippen molar-refractivity contribution >= 4 is 9.84 Å². The quantitative estimate of drug-likeness (QED) is 0.513. The molecule has 0 heterocycles. The highest BCUT2D eigenvalue weighted by Gasteiger charge is 2.65. The van der Waals surface area contributed by atoms with Crippen LogP contribution in [-0.2, 0) is 9.84 Å². The minimum absolute atomic E-state index is 0.0335. The lowest BCUT2D eigenvalue weighted by molar-refractivity contribution is -0.177. The Bertz CT molecular complexity index is 1040. The van der Waals surface area contributed by atoms with Crippen LogP contribution in [0.15, 0.2) is 46.9 Å². The Hall–Kier alpha value is -1.27. The largest absolute Gasteiger partial charge is 0.382 e. The van der Waals surface area contributed by atoms with Gasteiger partial charge in [0.25, 0.3) is 0 Å². The van der Waals surface area contributed by atoms with Crippen molar-refractivity contribution in [2.75, 3.05) is 0 Å². The molecule has 33 heavy (non-hydrogen) atoms. The zero-order valence-corrected chi connectivity index (χ0v) is 20.5. The van der Waals surface area contributed by atoms with Crippen molar-refractivity contribution in [3.63, 3.8) is 0 Å². The highest BCUT2D eigenvalue weighted by Crippen LogP contribution is 2.65. The third-order valence-corrected chi connectivity index (χ3v) is 12.1. The van der Waals surface area contributed by atoms with E-state index >= 15 is 8.78 Å². The zero-order chi connectivity index (χ0) is 23.6. The standard InChI is InChI=1S/C27H36F2O3S/c1-3-19-10-12-24-23-11-9-18-17-26(30,16-14-21(18)22(23)13-15-25(19,24)2)27(28,29)33(31,32)20-7-5-4-6-8-20/h3-8,18,21-24,30H,9-17H2,1-2H3/t18-,21+,22-,23-,24+,25-,26+/m1/s1. The van der Waals surface area contributed by atoms with E-state index in [1.165, 1.54) is 37.1 Å². The molecule has 0 bridgehead atoms. The monoisotopic (exact) mass is 478 g/mol. The molecule has 182 valence electrons. The van der Waals surface area contributed by atoms with Crippen LogP contribution in [0.25, 0.3) is 0 Å². The zero-order valence-electron chi connectivity index (χ0n) is 19.6. The fourth-order valence-corrected chi connectivity index (χ4v) is 9.96. The Morgan fingerprint density at radius 1 is 1.00 bits per heavy atom. The molecule has 5 rings (SSSR count). The number of sulfone groups is 1. The van der Waals surface area contributed by atoms with Gasteiger partial charge in [-0.15, -0.1) is 0 Å². The van der Waals surface area contributed by atoms with Crippen molar-refractivity contribution in [1.29, 1.82) is 0 Å². The molecule has 4 aliphatic rings. The second-order valence-corrected chi connectivity index (χ2v) is 13.3. The molecule has 0 spiro atoms. The van der Waals surface area contributed by atoms with Crippen LogP contribution in [0.2, 0.25) is 0 Å². The Morgan fingerprint density at radius 3 is 2.39 bits per heavy atom. The molecule has 1 N–H and O–H groups in total. The number of benzene rings is 1. The minimum atomic E-state index is -4.98. The van der Waals surface area contributed by atoms with E-state index in [9.17, 15) is 13.5 Å². The molecule has 3 nitrogen and oxygen atoms in total. The molecule has 6 heteroatoms. The molecular formula is C27H36F2O3S. The summed E-state index contributed by atoms with van der Waals surface area (Å²) >= 11 is 0. The maximum Gasteiger partial charge on any atom is 0.377 e. The Kier molecular flexibility index (Phi) is 5.60. The summed E-state index contributed by atoms with van der Waals surface area (Å²) in [4.78, 5) is -0.429. The number of alkyl halides is 2. The van der Waals surface area contributed by atoms with E-state index in [0.717, 1.165) is 25.7 Å². The summed E-state index contributed by atoms with van der Waals surface area (Å²) in [6, 6.07) is 6.83. The predicted octanol–water partition coefficient (Wildman–Crippen LogP) is 6.38. The molecule has 4 fully saturated rings. The van der Waals surface area contributed by atoms with Gasteiger partial charge in [-0.1, -0.05) is 36.8 Å². The highest BCUT2D eigenvalue weighted by atomic mass is 32.2. The van der Waals surface area contributed by atoms with Crippen LogP contribution >= 0.6 is 0 Å². The molecule has 1 aromatic rings. The summed E-state index contributed by atoms with van der Waals surface area (Å²) in [7, 11) is -4.98. The van der Waals surface area contributed by atoms with Gasteiger partial charge >= 0.3 is 5.25 Å². The summed E-state index contributed by atoms with van der Waals surface area (Å²) < 4.78 is 56.7. The number of aliphatic hydroxyl groups is 1. The smallest absolute Gasteiger partial charge is 0.377 e.